The van der Waals surface area contributed by atoms with E-state index < -0.39 is 12.0 Å². The predicted molar refractivity (Wildman–Crippen MR) is 130 cm³/mol. The molecule has 0 saturated carbocycles. The SMILES string of the molecule is N#CCCN(C(=O)c1cc(Cl)cc(OCCN(C(=O)O)c2ccncc2)c1)c1ccccc1Cl. The Kier molecular flexibility index (Phi) is 8.68. The molecule has 34 heavy (non-hydrogen) atoms. The van der Waals surface area contributed by atoms with E-state index in [4.69, 9.17) is 33.2 Å². The van der Waals surface area contributed by atoms with Crippen molar-refractivity contribution in [3.63, 3.8) is 0 Å². The molecule has 1 aromatic heterocycles. The van der Waals surface area contributed by atoms with E-state index in [9.17, 15) is 14.7 Å². The number of carbonyl (C=O) groups is 2. The zero-order valence-electron chi connectivity index (χ0n) is 17.9. The number of pyridine rings is 1. The highest BCUT2D eigenvalue weighted by Crippen LogP contribution is 2.29. The Bertz CT molecular complexity index is 1200. The summed E-state index contributed by atoms with van der Waals surface area (Å²) in [6.45, 7) is 0.204. The fourth-order valence-corrected chi connectivity index (χ4v) is 3.67. The molecule has 3 rings (SSSR count). The van der Waals surface area contributed by atoms with Crippen LogP contribution in [0.1, 0.15) is 16.8 Å². The summed E-state index contributed by atoms with van der Waals surface area (Å²) in [5.41, 5.74) is 1.17. The monoisotopic (exact) mass is 498 g/mol. The summed E-state index contributed by atoms with van der Waals surface area (Å²) in [4.78, 5) is 31.3. The number of hydrogen-bond acceptors (Lipinski definition) is 5. The lowest BCUT2D eigenvalue weighted by Gasteiger charge is -2.23. The van der Waals surface area contributed by atoms with Crippen LogP contribution < -0.4 is 14.5 Å². The molecule has 0 unspecified atom stereocenters. The summed E-state index contributed by atoms with van der Waals surface area (Å²) in [6.07, 6.45) is 1.97. The van der Waals surface area contributed by atoms with E-state index in [1.165, 1.54) is 35.5 Å². The Balaban J connectivity index is 1.78. The van der Waals surface area contributed by atoms with Gasteiger partial charge in [-0.05, 0) is 42.5 Å². The van der Waals surface area contributed by atoms with E-state index in [-0.39, 0.29) is 36.7 Å². The molecule has 0 aliphatic heterocycles. The van der Waals surface area contributed by atoms with E-state index in [0.29, 0.717) is 22.1 Å². The second kappa shape index (κ2) is 11.9. The average molecular weight is 499 g/mol. The largest absolute Gasteiger partial charge is 0.492 e. The molecule has 0 aliphatic carbocycles. The molecular formula is C24H20Cl2N4O4. The number of nitriles is 1. The van der Waals surface area contributed by atoms with Gasteiger partial charge >= 0.3 is 6.09 Å². The fraction of sp³-hybridized carbons (Fsp3) is 0.167. The molecule has 2 aromatic carbocycles. The Hall–Kier alpha value is -3.80. The third-order valence-corrected chi connectivity index (χ3v) is 5.28. The number of nitrogens with zero attached hydrogens (tertiary/aromatic N) is 4. The first-order valence-electron chi connectivity index (χ1n) is 10.2. The quantitative estimate of drug-likeness (QED) is 0.416. The standard InChI is InChI=1S/C24H20Cl2N4O4/c25-18-14-17(23(31)30(11-3-8-27)22-5-2-1-4-21(22)26)15-20(16-18)34-13-12-29(24(32)33)19-6-9-28-10-7-19/h1-2,4-7,9-10,14-16H,3,11-13H2,(H,32,33). The maximum atomic E-state index is 13.3. The van der Waals surface area contributed by atoms with Gasteiger partial charge in [0.1, 0.15) is 12.4 Å². The minimum atomic E-state index is -1.13. The molecule has 0 bridgehead atoms. The van der Waals surface area contributed by atoms with E-state index in [1.54, 1.807) is 36.4 Å². The molecule has 0 fully saturated rings. The minimum absolute atomic E-state index is 0.0191. The molecule has 1 heterocycles. The van der Waals surface area contributed by atoms with Gasteiger partial charge in [0.05, 0.1) is 35.4 Å². The van der Waals surface area contributed by atoms with E-state index in [1.807, 2.05) is 6.07 Å². The number of ether oxygens (including phenoxy) is 1. The molecule has 10 heteroatoms. The van der Waals surface area contributed by atoms with Gasteiger partial charge < -0.3 is 14.7 Å². The number of aromatic nitrogens is 1. The first-order valence-corrected chi connectivity index (χ1v) is 10.9. The number of anilines is 2. The van der Waals surface area contributed by atoms with E-state index >= 15 is 0 Å². The van der Waals surface area contributed by atoms with Crippen LogP contribution >= 0.6 is 23.2 Å². The van der Waals surface area contributed by atoms with Crippen LogP contribution in [0.25, 0.3) is 0 Å². The Morgan fingerprint density at radius 1 is 1.03 bits per heavy atom. The van der Waals surface area contributed by atoms with Gasteiger partial charge in [-0.2, -0.15) is 5.26 Å². The number of carbonyl (C=O) groups excluding carboxylic acids is 1. The van der Waals surface area contributed by atoms with Crippen molar-refractivity contribution in [2.75, 3.05) is 29.5 Å². The molecule has 2 amide bonds. The van der Waals surface area contributed by atoms with Crippen LogP contribution in [0.15, 0.2) is 67.0 Å². The summed E-state index contributed by atoms with van der Waals surface area (Å²) in [5, 5.41) is 19.2. The van der Waals surface area contributed by atoms with Crippen LogP contribution in [0.4, 0.5) is 16.2 Å². The van der Waals surface area contributed by atoms with Gasteiger partial charge in [-0.1, -0.05) is 35.3 Å². The van der Waals surface area contributed by atoms with Gasteiger partial charge in [-0.15, -0.1) is 0 Å². The highest BCUT2D eigenvalue weighted by atomic mass is 35.5. The number of amides is 2. The van der Waals surface area contributed by atoms with Gasteiger partial charge in [0.25, 0.3) is 5.91 Å². The molecule has 1 N–H and O–H groups in total. The van der Waals surface area contributed by atoms with Crippen molar-refractivity contribution in [2.45, 2.75) is 6.42 Å². The molecular weight excluding hydrogens is 479 g/mol. The Labute approximate surface area is 206 Å². The molecule has 3 aromatic rings. The van der Waals surface area contributed by atoms with Crippen LogP contribution in [0, 0.1) is 11.3 Å². The number of halogens is 2. The number of hydrogen-bond donors (Lipinski definition) is 1. The number of benzene rings is 2. The average Bonchev–Trinajstić information content (AvgIpc) is 2.83. The first-order chi connectivity index (χ1) is 16.4. The molecule has 0 atom stereocenters. The zero-order chi connectivity index (χ0) is 24.5. The van der Waals surface area contributed by atoms with Crippen LogP contribution in [-0.2, 0) is 0 Å². The van der Waals surface area contributed by atoms with Crippen LogP contribution in [0.3, 0.4) is 0 Å². The summed E-state index contributed by atoms with van der Waals surface area (Å²) in [7, 11) is 0. The first kappa shape index (κ1) is 24.8. The Morgan fingerprint density at radius 3 is 2.44 bits per heavy atom. The normalized spacial score (nSPS) is 10.3. The second-order valence-electron chi connectivity index (χ2n) is 6.98. The second-order valence-corrected chi connectivity index (χ2v) is 7.82. The van der Waals surface area contributed by atoms with Crippen LogP contribution in [0.5, 0.6) is 5.75 Å². The predicted octanol–water partition coefficient (Wildman–Crippen LogP) is 5.51. The number of carboxylic acid groups (broad SMARTS) is 1. The smallest absolute Gasteiger partial charge is 0.411 e. The molecule has 0 saturated heterocycles. The van der Waals surface area contributed by atoms with Gasteiger partial charge in [-0.3, -0.25) is 14.7 Å². The van der Waals surface area contributed by atoms with Crippen molar-refractivity contribution >= 4 is 46.6 Å². The Morgan fingerprint density at radius 2 is 1.76 bits per heavy atom. The summed E-state index contributed by atoms with van der Waals surface area (Å²) < 4.78 is 5.72. The van der Waals surface area contributed by atoms with Gasteiger partial charge in [0.15, 0.2) is 0 Å². The fourth-order valence-electron chi connectivity index (χ4n) is 3.20. The maximum Gasteiger partial charge on any atom is 0.411 e. The van der Waals surface area contributed by atoms with Crippen LogP contribution in [-0.4, -0.2) is 41.8 Å². The lowest BCUT2D eigenvalue weighted by molar-refractivity contribution is 0.0987. The summed E-state index contributed by atoms with van der Waals surface area (Å²) in [6, 6.07) is 16.6. The van der Waals surface area contributed by atoms with Crippen molar-refractivity contribution in [1.29, 1.82) is 5.26 Å². The number of para-hydroxylation sites is 1. The summed E-state index contributed by atoms with van der Waals surface area (Å²) >= 11 is 12.5. The van der Waals surface area contributed by atoms with Gasteiger partial charge in [0.2, 0.25) is 0 Å². The van der Waals surface area contributed by atoms with Gasteiger partial charge in [0, 0.05) is 29.5 Å². The topological polar surface area (TPSA) is 107 Å². The molecule has 8 nitrogen and oxygen atoms in total. The molecule has 0 spiro atoms. The molecule has 0 aliphatic rings. The molecule has 174 valence electrons. The summed E-state index contributed by atoms with van der Waals surface area (Å²) in [5.74, 6) is -0.102. The lowest BCUT2D eigenvalue weighted by atomic mass is 10.1. The highest BCUT2D eigenvalue weighted by Gasteiger charge is 2.21. The van der Waals surface area contributed by atoms with Crippen molar-refractivity contribution in [1.82, 2.24) is 4.98 Å². The van der Waals surface area contributed by atoms with E-state index in [2.05, 4.69) is 4.98 Å². The minimum Gasteiger partial charge on any atom is -0.492 e. The third kappa shape index (κ3) is 6.38. The maximum absolute atomic E-state index is 13.3. The molecule has 0 radical (unpaired) electrons. The number of rotatable bonds is 9. The third-order valence-electron chi connectivity index (χ3n) is 4.74. The highest BCUT2D eigenvalue weighted by molar-refractivity contribution is 6.34. The van der Waals surface area contributed by atoms with Gasteiger partial charge in [-0.25, -0.2) is 4.79 Å². The lowest BCUT2D eigenvalue weighted by Crippen LogP contribution is -2.33. The van der Waals surface area contributed by atoms with Crippen molar-refractivity contribution in [2.24, 2.45) is 0 Å². The van der Waals surface area contributed by atoms with Crippen LogP contribution in [0.2, 0.25) is 10.0 Å². The van der Waals surface area contributed by atoms with E-state index in [0.717, 1.165) is 4.90 Å². The zero-order valence-corrected chi connectivity index (χ0v) is 19.4. The van der Waals surface area contributed by atoms with Crippen molar-refractivity contribution in [3.8, 4) is 11.8 Å². The van der Waals surface area contributed by atoms with Crippen molar-refractivity contribution < 1.29 is 19.4 Å². The van der Waals surface area contributed by atoms with Crippen molar-refractivity contribution in [3.05, 3.63) is 82.6 Å².